The summed E-state index contributed by atoms with van der Waals surface area (Å²) in [5.41, 5.74) is 8.79. The molecular formula is C5H5N3O. The number of azide groups is 1. The number of furan rings is 1. The van der Waals surface area contributed by atoms with Crippen molar-refractivity contribution in [1.29, 1.82) is 0 Å². The van der Waals surface area contributed by atoms with Crippen molar-refractivity contribution < 1.29 is 4.42 Å². The minimum absolute atomic E-state index is 0.368. The van der Waals surface area contributed by atoms with Crippen LogP contribution in [0, 0.1) is 0 Å². The second-order valence-corrected chi connectivity index (χ2v) is 1.52. The Morgan fingerprint density at radius 2 is 2.67 bits per heavy atom. The standard InChI is InChI=1S/C5H5N3O/c6-8-7-3-5-1-2-9-4-5/h1-2,4H,3H2. The highest BCUT2D eigenvalue weighted by molar-refractivity contribution is 5.04. The van der Waals surface area contributed by atoms with Crippen LogP contribution in [0.2, 0.25) is 0 Å². The summed E-state index contributed by atoms with van der Waals surface area (Å²) in [6.45, 7) is 0.368. The van der Waals surface area contributed by atoms with E-state index in [2.05, 4.69) is 10.0 Å². The third-order valence-corrected chi connectivity index (χ3v) is 0.897. The van der Waals surface area contributed by atoms with E-state index in [1.54, 1.807) is 18.6 Å². The van der Waals surface area contributed by atoms with Crippen LogP contribution < -0.4 is 0 Å². The van der Waals surface area contributed by atoms with Gasteiger partial charge in [0.2, 0.25) is 0 Å². The first kappa shape index (κ1) is 5.72. The average molecular weight is 123 g/mol. The number of rotatable bonds is 2. The summed E-state index contributed by atoms with van der Waals surface area (Å²) in [6.07, 6.45) is 3.09. The molecule has 0 unspecified atom stereocenters. The molecule has 0 atom stereocenters. The molecular weight excluding hydrogens is 118 g/mol. The largest absolute Gasteiger partial charge is 0.472 e. The van der Waals surface area contributed by atoms with Crippen molar-refractivity contribution in [3.63, 3.8) is 0 Å². The van der Waals surface area contributed by atoms with Gasteiger partial charge in [0.05, 0.1) is 19.1 Å². The molecule has 0 saturated heterocycles. The highest BCUT2D eigenvalue weighted by atomic mass is 16.3. The van der Waals surface area contributed by atoms with Gasteiger partial charge in [-0.05, 0) is 17.2 Å². The first-order valence-corrected chi connectivity index (χ1v) is 2.45. The highest BCUT2D eigenvalue weighted by Crippen LogP contribution is 2.00. The maximum absolute atomic E-state index is 7.89. The van der Waals surface area contributed by atoms with Gasteiger partial charge in [0.15, 0.2) is 0 Å². The van der Waals surface area contributed by atoms with Crippen LogP contribution >= 0.6 is 0 Å². The third kappa shape index (κ3) is 1.51. The minimum atomic E-state index is 0.368. The van der Waals surface area contributed by atoms with Gasteiger partial charge < -0.3 is 4.42 Å². The van der Waals surface area contributed by atoms with Crippen molar-refractivity contribution in [3.8, 4) is 0 Å². The van der Waals surface area contributed by atoms with Crippen LogP contribution in [0.25, 0.3) is 10.4 Å². The average Bonchev–Trinajstić information content (AvgIpc) is 2.34. The summed E-state index contributed by atoms with van der Waals surface area (Å²) in [6, 6.07) is 1.76. The molecule has 0 bridgehead atoms. The Labute approximate surface area is 51.7 Å². The Morgan fingerprint density at radius 3 is 3.22 bits per heavy atom. The molecule has 46 valence electrons. The van der Waals surface area contributed by atoms with Crippen LogP contribution in [-0.2, 0) is 6.54 Å². The van der Waals surface area contributed by atoms with Crippen LogP contribution in [0.15, 0.2) is 28.1 Å². The summed E-state index contributed by atoms with van der Waals surface area (Å²) in [5, 5.41) is 3.33. The monoisotopic (exact) mass is 123 g/mol. The molecule has 1 aromatic heterocycles. The maximum atomic E-state index is 7.89. The molecule has 0 aliphatic rings. The van der Waals surface area contributed by atoms with Crippen LogP contribution in [0.5, 0.6) is 0 Å². The van der Waals surface area contributed by atoms with E-state index in [1.165, 1.54) is 0 Å². The quantitative estimate of drug-likeness (QED) is 0.337. The van der Waals surface area contributed by atoms with Crippen LogP contribution in [0.3, 0.4) is 0 Å². The highest BCUT2D eigenvalue weighted by Gasteiger charge is 1.87. The maximum Gasteiger partial charge on any atom is 0.0935 e. The molecule has 0 amide bonds. The smallest absolute Gasteiger partial charge is 0.0935 e. The Bertz CT molecular complexity index is 210. The molecule has 0 spiro atoms. The molecule has 1 aromatic rings. The van der Waals surface area contributed by atoms with Crippen LogP contribution in [0.1, 0.15) is 5.56 Å². The summed E-state index contributed by atoms with van der Waals surface area (Å²) in [5.74, 6) is 0. The van der Waals surface area contributed by atoms with E-state index in [9.17, 15) is 0 Å². The van der Waals surface area contributed by atoms with Crippen molar-refractivity contribution in [2.75, 3.05) is 0 Å². The summed E-state index contributed by atoms with van der Waals surface area (Å²) in [4.78, 5) is 2.59. The van der Waals surface area contributed by atoms with Gasteiger partial charge in [-0.25, -0.2) is 0 Å². The fourth-order valence-electron chi connectivity index (χ4n) is 0.496. The first-order valence-electron chi connectivity index (χ1n) is 2.45. The molecule has 0 N–H and O–H groups in total. The van der Waals surface area contributed by atoms with Crippen molar-refractivity contribution >= 4 is 0 Å². The van der Waals surface area contributed by atoms with Crippen molar-refractivity contribution in [3.05, 3.63) is 34.6 Å². The van der Waals surface area contributed by atoms with Gasteiger partial charge in [0, 0.05) is 4.91 Å². The van der Waals surface area contributed by atoms with Gasteiger partial charge in [-0.3, -0.25) is 0 Å². The minimum Gasteiger partial charge on any atom is -0.472 e. The van der Waals surface area contributed by atoms with E-state index < -0.39 is 0 Å². The van der Waals surface area contributed by atoms with Crippen molar-refractivity contribution in [2.45, 2.75) is 6.54 Å². The zero-order chi connectivity index (χ0) is 6.53. The van der Waals surface area contributed by atoms with E-state index in [0.29, 0.717) is 6.54 Å². The van der Waals surface area contributed by atoms with E-state index in [4.69, 9.17) is 9.95 Å². The lowest BCUT2D eigenvalue weighted by atomic mass is 10.4. The summed E-state index contributed by atoms with van der Waals surface area (Å²) < 4.78 is 4.73. The van der Waals surface area contributed by atoms with E-state index >= 15 is 0 Å². The fraction of sp³-hybridized carbons (Fsp3) is 0.200. The second-order valence-electron chi connectivity index (χ2n) is 1.52. The lowest BCUT2D eigenvalue weighted by Crippen LogP contribution is -1.69. The molecule has 9 heavy (non-hydrogen) atoms. The molecule has 0 fully saturated rings. The predicted molar refractivity (Wildman–Crippen MR) is 31.6 cm³/mol. The summed E-state index contributed by atoms with van der Waals surface area (Å²) >= 11 is 0. The van der Waals surface area contributed by atoms with Gasteiger partial charge in [0.1, 0.15) is 0 Å². The topological polar surface area (TPSA) is 61.9 Å². The van der Waals surface area contributed by atoms with E-state index in [-0.39, 0.29) is 0 Å². The fourth-order valence-corrected chi connectivity index (χ4v) is 0.496. The zero-order valence-corrected chi connectivity index (χ0v) is 4.69. The molecule has 0 aliphatic heterocycles. The molecule has 1 rings (SSSR count). The van der Waals surface area contributed by atoms with Gasteiger partial charge in [-0.2, -0.15) is 0 Å². The molecule has 0 aliphatic carbocycles. The summed E-state index contributed by atoms with van der Waals surface area (Å²) in [7, 11) is 0. The molecule has 4 nitrogen and oxygen atoms in total. The van der Waals surface area contributed by atoms with E-state index in [1.807, 2.05) is 0 Å². The number of nitrogens with zero attached hydrogens (tertiary/aromatic N) is 3. The lowest BCUT2D eigenvalue weighted by Gasteiger charge is -1.78. The van der Waals surface area contributed by atoms with Crippen molar-refractivity contribution in [1.82, 2.24) is 0 Å². The van der Waals surface area contributed by atoms with Gasteiger partial charge in [-0.1, -0.05) is 5.11 Å². The number of hydrogen-bond donors (Lipinski definition) is 0. The normalized spacial score (nSPS) is 8.44. The Hall–Kier alpha value is -1.41. The van der Waals surface area contributed by atoms with Crippen LogP contribution in [0.4, 0.5) is 0 Å². The Balaban J connectivity index is 2.57. The molecule has 0 saturated carbocycles. The Morgan fingerprint density at radius 1 is 1.78 bits per heavy atom. The van der Waals surface area contributed by atoms with Gasteiger partial charge >= 0.3 is 0 Å². The lowest BCUT2D eigenvalue weighted by molar-refractivity contribution is 0.564. The first-order chi connectivity index (χ1) is 4.43. The molecule has 1 heterocycles. The van der Waals surface area contributed by atoms with E-state index in [0.717, 1.165) is 5.56 Å². The molecule has 0 aromatic carbocycles. The van der Waals surface area contributed by atoms with Gasteiger partial charge in [-0.15, -0.1) is 0 Å². The van der Waals surface area contributed by atoms with Gasteiger partial charge in [0.25, 0.3) is 0 Å². The molecule has 0 radical (unpaired) electrons. The third-order valence-electron chi connectivity index (χ3n) is 0.897. The molecule has 4 heteroatoms. The Kier molecular flexibility index (Phi) is 1.77. The predicted octanol–water partition coefficient (Wildman–Crippen LogP) is 2.09. The second kappa shape index (κ2) is 2.79. The SMILES string of the molecule is [N-]=[N+]=NCc1ccoc1. The van der Waals surface area contributed by atoms with Crippen molar-refractivity contribution in [2.24, 2.45) is 5.11 Å². The zero-order valence-electron chi connectivity index (χ0n) is 4.69. The number of hydrogen-bond acceptors (Lipinski definition) is 2. The van der Waals surface area contributed by atoms with Crippen LogP contribution in [-0.4, -0.2) is 0 Å².